The quantitative estimate of drug-likeness (QED) is 0.839. The third-order valence-electron chi connectivity index (χ3n) is 2.42. The van der Waals surface area contributed by atoms with Crippen LogP contribution in [0, 0.1) is 17.5 Å². The van der Waals surface area contributed by atoms with Crippen LogP contribution in [0.15, 0.2) is 29.4 Å². The van der Waals surface area contributed by atoms with Crippen LogP contribution in [0.1, 0.15) is 0 Å². The monoisotopic (exact) mass is 318 g/mol. The molecule has 1 aromatic heterocycles. The Morgan fingerprint density at radius 2 is 1.57 bits per heavy atom. The maximum Gasteiger partial charge on any atom is 0.265 e. The molecule has 2 rings (SSSR count). The van der Waals surface area contributed by atoms with Gasteiger partial charge in [0, 0.05) is 19.2 Å². The fourth-order valence-corrected chi connectivity index (χ4v) is 2.34. The lowest BCUT2D eigenvalue weighted by molar-refractivity contribution is 0.496. The molecule has 1 heterocycles. The molecule has 112 valence electrons. The average Bonchev–Trinajstić information content (AvgIpc) is 2.44. The van der Waals surface area contributed by atoms with Crippen LogP contribution in [0.2, 0.25) is 0 Å². The normalized spacial score (nSPS) is 11.2. The number of hydrogen-bond donors (Lipinski definition) is 2. The zero-order valence-corrected chi connectivity index (χ0v) is 11.4. The zero-order valence-electron chi connectivity index (χ0n) is 10.6. The highest BCUT2D eigenvalue weighted by Crippen LogP contribution is 2.21. The van der Waals surface area contributed by atoms with Gasteiger partial charge < -0.3 is 5.32 Å². The number of benzene rings is 1. The van der Waals surface area contributed by atoms with Crippen molar-refractivity contribution < 1.29 is 21.6 Å². The van der Waals surface area contributed by atoms with E-state index in [1.165, 1.54) is 0 Å². The van der Waals surface area contributed by atoms with E-state index in [-0.39, 0.29) is 16.9 Å². The fraction of sp³-hybridized carbons (Fsp3) is 0.0909. The van der Waals surface area contributed by atoms with Crippen molar-refractivity contribution >= 4 is 21.7 Å². The molecule has 0 radical (unpaired) electrons. The molecule has 0 atom stereocenters. The van der Waals surface area contributed by atoms with Gasteiger partial charge in [-0.05, 0) is 0 Å². The van der Waals surface area contributed by atoms with E-state index in [1.54, 1.807) is 11.8 Å². The minimum absolute atomic E-state index is 0.188. The minimum atomic E-state index is -4.22. The summed E-state index contributed by atoms with van der Waals surface area (Å²) in [4.78, 5) is 7.02. The van der Waals surface area contributed by atoms with Gasteiger partial charge in [0.2, 0.25) is 5.95 Å². The van der Waals surface area contributed by atoms with Gasteiger partial charge in [0.1, 0.15) is 10.7 Å². The highest BCUT2D eigenvalue weighted by molar-refractivity contribution is 7.92. The van der Waals surface area contributed by atoms with Crippen molar-refractivity contribution in [2.45, 2.75) is 4.90 Å². The summed E-state index contributed by atoms with van der Waals surface area (Å²) in [6, 6.07) is 0.652. The Balaban J connectivity index is 2.34. The first-order valence-corrected chi connectivity index (χ1v) is 6.99. The average molecular weight is 318 g/mol. The van der Waals surface area contributed by atoms with Gasteiger partial charge in [0.05, 0.1) is 18.1 Å². The molecule has 1 aromatic carbocycles. The third-order valence-corrected chi connectivity index (χ3v) is 3.74. The van der Waals surface area contributed by atoms with E-state index >= 15 is 0 Å². The van der Waals surface area contributed by atoms with Gasteiger partial charge in [-0.25, -0.2) is 31.6 Å². The van der Waals surface area contributed by atoms with Crippen LogP contribution in [0.4, 0.5) is 24.8 Å². The summed E-state index contributed by atoms with van der Waals surface area (Å²) < 4.78 is 64.9. The summed E-state index contributed by atoms with van der Waals surface area (Å²) in [5.41, 5.74) is -0.716. The predicted octanol–water partition coefficient (Wildman–Crippen LogP) is 1.74. The summed E-state index contributed by atoms with van der Waals surface area (Å²) >= 11 is 0. The van der Waals surface area contributed by atoms with E-state index in [0.717, 1.165) is 12.4 Å². The zero-order chi connectivity index (χ0) is 15.6. The van der Waals surface area contributed by atoms with Crippen molar-refractivity contribution in [1.82, 2.24) is 9.97 Å². The van der Waals surface area contributed by atoms with Crippen molar-refractivity contribution in [3.05, 3.63) is 42.0 Å². The summed E-state index contributed by atoms with van der Waals surface area (Å²) in [6.07, 6.45) is 1.97. The molecule has 0 unspecified atom stereocenters. The van der Waals surface area contributed by atoms with Crippen LogP contribution in [0.25, 0.3) is 0 Å². The maximum atomic E-state index is 13.4. The maximum absolute atomic E-state index is 13.4. The topological polar surface area (TPSA) is 84.0 Å². The second-order valence-electron chi connectivity index (χ2n) is 3.84. The molecule has 21 heavy (non-hydrogen) atoms. The molecule has 0 aliphatic heterocycles. The largest absolute Gasteiger partial charge is 0.357 e. The van der Waals surface area contributed by atoms with E-state index in [0.29, 0.717) is 6.07 Å². The Bertz CT molecular complexity index is 766. The van der Waals surface area contributed by atoms with Crippen LogP contribution in [-0.4, -0.2) is 25.4 Å². The number of nitrogens with zero attached hydrogens (tertiary/aromatic N) is 2. The fourth-order valence-electron chi connectivity index (χ4n) is 1.39. The Morgan fingerprint density at radius 1 is 1.00 bits per heavy atom. The molecular formula is C11H9F3N4O2S. The summed E-state index contributed by atoms with van der Waals surface area (Å²) in [6.45, 7) is 0. The summed E-state index contributed by atoms with van der Waals surface area (Å²) in [7, 11) is -2.68. The van der Waals surface area contributed by atoms with Crippen LogP contribution in [0.3, 0.4) is 0 Å². The second-order valence-corrected chi connectivity index (χ2v) is 5.53. The Morgan fingerprint density at radius 3 is 2.14 bits per heavy atom. The molecule has 0 bridgehead atoms. The number of halogens is 3. The Labute approximate surface area is 118 Å². The van der Waals surface area contributed by atoms with E-state index in [9.17, 15) is 21.6 Å². The van der Waals surface area contributed by atoms with Crippen molar-refractivity contribution in [1.29, 1.82) is 0 Å². The Kier molecular flexibility index (Phi) is 3.98. The van der Waals surface area contributed by atoms with Crippen molar-refractivity contribution in [2.24, 2.45) is 0 Å². The van der Waals surface area contributed by atoms with Gasteiger partial charge in [0.25, 0.3) is 10.0 Å². The van der Waals surface area contributed by atoms with Crippen LogP contribution in [0.5, 0.6) is 0 Å². The molecule has 2 aromatic rings. The molecule has 0 aliphatic rings. The van der Waals surface area contributed by atoms with E-state index in [2.05, 4.69) is 15.3 Å². The number of nitrogens with one attached hydrogen (secondary N) is 2. The number of aromatic nitrogens is 2. The molecule has 10 heteroatoms. The van der Waals surface area contributed by atoms with Gasteiger partial charge in [-0.2, -0.15) is 0 Å². The SMILES string of the molecule is CNc1ncc(S(=O)(=O)Nc2cc(F)c(F)cc2F)cn1. The molecule has 0 spiro atoms. The molecule has 0 fully saturated rings. The number of anilines is 2. The van der Waals surface area contributed by atoms with Gasteiger partial charge >= 0.3 is 0 Å². The molecule has 0 amide bonds. The third kappa shape index (κ3) is 3.21. The predicted molar refractivity (Wildman–Crippen MR) is 68.7 cm³/mol. The summed E-state index contributed by atoms with van der Waals surface area (Å²) in [5, 5.41) is 2.59. The number of hydrogen-bond acceptors (Lipinski definition) is 5. The van der Waals surface area contributed by atoms with E-state index in [4.69, 9.17) is 0 Å². The smallest absolute Gasteiger partial charge is 0.265 e. The highest BCUT2D eigenvalue weighted by atomic mass is 32.2. The Hall–Kier alpha value is -2.36. The van der Waals surface area contributed by atoms with E-state index < -0.39 is 33.2 Å². The van der Waals surface area contributed by atoms with Crippen LogP contribution < -0.4 is 10.0 Å². The van der Waals surface area contributed by atoms with Gasteiger partial charge in [-0.3, -0.25) is 4.72 Å². The molecule has 0 saturated heterocycles. The molecule has 0 saturated carbocycles. The number of sulfonamides is 1. The molecular weight excluding hydrogens is 309 g/mol. The van der Waals surface area contributed by atoms with Crippen molar-refractivity contribution in [3.8, 4) is 0 Å². The molecule has 0 aliphatic carbocycles. The number of rotatable bonds is 4. The summed E-state index contributed by atoms with van der Waals surface area (Å²) in [5.74, 6) is -3.86. The van der Waals surface area contributed by atoms with Crippen molar-refractivity contribution in [2.75, 3.05) is 17.1 Å². The molecule has 6 nitrogen and oxygen atoms in total. The van der Waals surface area contributed by atoms with Gasteiger partial charge in [-0.1, -0.05) is 0 Å². The van der Waals surface area contributed by atoms with Gasteiger partial charge in [0.15, 0.2) is 11.6 Å². The van der Waals surface area contributed by atoms with E-state index in [1.807, 2.05) is 0 Å². The lowest BCUT2D eigenvalue weighted by Gasteiger charge is -2.09. The van der Waals surface area contributed by atoms with Gasteiger partial charge in [-0.15, -0.1) is 0 Å². The first-order valence-electron chi connectivity index (χ1n) is 5.50. The minimum Gasteiger partial charge on any atom is -0.357 e. The lowest BCUT2D eigenvalue weighted by Crippen LogP contribution is -2.15. The first-order chi connectivity index (χ1) is 9.83. The second kappa shape index (κ2) is 5.56. The van der Waals surface area contributed by atoms with Crippen LogP contribution >= 0.6 is 0 Å². The lowest BCUT2D eigenvalue weighted by atomic mass is 10.3. The first kappa shape index (κ1) is 15.0. The highest BCUT2D eigenvalue weighted by Gasteiger charge is 2.19. The standard InChI is InChI=1S/C11H9F3N4O2S/c1-15-11-16-4-6(5-17-11)21(19,20)18-10-3-8(13)7(12)2-9(10)14/h2-5,18H,1H3,(H,15,16,17). The van der Waals surface area contributed by atoms with Crippen molar-refractivity contribution in [3.63, 3.8) is 0 Å². The van der Waals surface area contributed by atoms with Crippen LogP contribution in [-0.2, 0) is 10.0 Å². The molecule has 2 N–H and O–H groups in total.